The Morgan fingerprint density at radius 1 is 1.00 bits per heavy atom. The van der Waals surface area contributed by atoms with Gasteiger partial charge in [-0.3, -0.25) is 9.59 Å². The van der Waals surface area contributed by atoms with E-state index >= 15 is 0 Å². The molecule has 0 aliphatic heterocycles. The van der Waals surface area contributed by atoms with Gasteiger partial charge >= 0.3 is 0 Å². The fourth-order valence-electron chi connectivity index (χ4n) is 3.48. The van der Waals surface area contributed by atoms with Gasteiger partial charge in [-0.25, -0.2) is 12.8 Å². The number of benzene rings is 3. The van der Waals surface area contributed by atoms with Crippen LogP contribution in [-0.4, -0.2) is 56.1 Å². The molecule has 0 heterocycles. The molecule has 174 valence electrons. The van der Waals surface area contributed by atoms with Crippen molar-refractivity contribution in [2.75, 3.05) is 20.6 Å². The fraction of sp³-hybridized carbons (Fsp3) is 0.250. The highest BCUT2D eigenvalue weighted by Crippen LogP contribution is 2.22. The third-order valence-corrected chi connectivity index (χ3v) is 7.30. The van der Waals surface area contributed by atoms with Crippen LogP contribution in [0.25, 0.3) is 10.8 Å². The van der Waals surface area contributed by atoms with Gasteiger partial charge in [-0.15, -0.1) is 0 Å². The summed E-state index contributed by atoms with van der Waals surface area (Å²) in [4.78, 5) is 26.6. The van der Waals surface area contributed by atoms with Crippen LogP contribution in [0.5, 0.6) is 0 Å². The number of rotatable bonds is 8. The number of halogens is 1. The van der Waals surface area contributed by atoms with Gasteiger partial charge < -0.3 is 10.2 Å². The Balaban J connectivity index is 1.86. The zero-order valence-corrected chi connectivity index (χ0v) is 19.5. The lowest BCUT2D eigenvalue weighted by atomic mass is 10.1. The highest BCUT2D eigenvalue weighted by atomic mass is 32.2. The van der Waals surface area contributed by atoms with E-state index in [1.165, 1.54) is 50.2 Å². The highest BCUT2D eigenvalue weighted by Gasteiger charge is 2.30. The maximum absolute atomic E-state index is 14.2. The smallest absolute Gasteiger partial charge is 0.243 e. The van der Waals surface area contributed by atoms with Crippen molar-refractivity contribution in [2.45, 2.75) is 24.4 Å². The van der Waals surface area contributed by atoms with E-state index in [0.29, 0.717) is 0 Å². The number of carbonyl (C=O) groups is 2. The van der Waals surface area contributed by atoms with Gasteiger partial charge in [0.2, 0.25) is 21.8 Å². The van der Waals surface area contributed by atoms with Crippen molar-refractivity contribution >= 4 is 32.6 Å². The number of sulfonamides is 1. The molecule has 0 aromatic heterocycles. The molecule has 0 saturated heterocycles. The van der Waals surface area contributed by atoms with E-state index in [-0.39, 0.29) is 17.0 Å². The molecule has 0 spiro atoms. The Labute approximate surface area is 192 Å². The fourth-order valence-corrected chi connectivity index (χ4v) is 4.63. The molecule has 9 heteroatoms. The summed E-state index contributed by atoms with van der Waals surface area (Å²) in [6, 6.07) is 17.1. The zero-order valence-electron chi connectivity index (χ0n) is 18.7. The van der Waals surface area contributed by atoms with Gasteiger partial charge in [0.15, 0.2) is 0 Å². The average Bonchev–Trinajstić information content (AvgIpc) is 2.82. The third-order valence-electron chi connectivity index (χ3n) is 5.50. The number of carbonyl (C=O) groups excluding carboxylic acids is 2. The lowest BCUT2D eigenvalue weighted by molar-refractivity contribution is -0.140. The molecule has 1 atom stereocenters. The predicted molar refractivity (Wildman–Crippen MR) is 124 cm³/mol. The van der Waals surface area contributed by atoms with Crippen LogP contribution in [0.2, 0.25) is 0 Å². The summed E-state index contributed by atoms with van der Waals surface area (Å²) < 4.78 is 41.4. The summed E-state index contributed by atoms with van der Waals surface area (Å²) in [6.45, 7) is 0.824. The first-order valence-corrected chi connectivity index (χ1v) is 11.8. The monoisotopic (exact) mass is 471 g/mol. The van der Waals surface area contributed by atoms with E-state index < -0.39 is 40.2 Å². The Bertz CT molecular complexity index is 1280. The van der Waals surface area contributed by atoms with Gasteiger partial charge in [0.05, 0.1) is 11.4 Å². The van der Waals surface area contributed by atoms with Gasteiger partial charge in [-0.05, 0) is 35.9 Å². The van der Waals surface area contributed by atoms with Crippen molar-refractivity contribution in [1.82, 2.24) is 14.5 Å². The van der Waals surface area contributed by atoms with Crippen LogP contribution in [0.1, 0.15) is 12.5 Å². The number of likely N-dealkylation sites (N-methyl/N-ethyl adjacent to an activating group) is 2. The van der Waals surface area contributed by atoms with E-state index in [4.69, 9.17) is 0 Å². The summed E-state index contributed by atoms with van der Waals surface area (Å²) in [7, 11) is -1.25. The van der Waals surface area contributed by atoms with Crippen molar-refractivity contribution in [3.63, 3.8) is 0 Å². The largest absolute Gasteiger partial charge is 0.357 e. The van der Waals surface area contributed by atoms with Crippen LogP contribution in [0.3, 0.4) is 0 Å². The van der Waals surface area contributed by atoms with Crippen LogP contribution in [-0.2, 0) is 26.2 Å². The summed E-state index contributed by atoms with van der Waals surface area (Å²) in [5.74, 6) is -1.59. The number of amides is 2. The van der Waals surface area contributed by atoms with Crippen LogP contribution >= 0.6 is 0 Å². The molecule has 3 aromatic carbocycles. The molecule has 0 aliphatic carbocycles. The maximum atomic E-state index is 14.2. The minimum Gasteiger partial charge on any atom is -0.357 e. The molecule has 0 fully saturated rings. The van der Waals surface area contributed by atoms with Crippen LogP contribution in [0, 0.1) is 5.82 Å². The third kappa shape index (κ3) is 5.37. The lowest BCUT2D eigenvalue weighted by Crippen LogP contribution is -2.50. The predicted octanol–water partition coefficient (Wildman–Crippen LogP) is 2.76. The molecule has 0 aliphatic rings. The molecule has 0 unspecified atom stereocenters. The standard InChI is InChI=1S/C24H26FN3O4S/c1-17(24(30)26-2)28(15-20-10-6-7-11-22(20)25)23(29)16-27(3)33(31,32)21-13-12-18-8-4-5-9-19(18)14-21/h4-14,17H,15-16H2,1-3H3,(H,26,30)/t17-/m1/s1. The molecular formula is C24H26FN3O4S. The Hall–Kier alpha value is -3.30. The Morgan fingerprint density at radius 2 is 1.64 bits per heavy atom. The number of hydrogen-bond acceptors (Lipinski definition) is 4. The maximum Gasteiger partial charge on any atom is 0.243 e. The lowest BCUT2D eigenvalue weighted by Gasteiger charge is -2.30. The van der Waals surface area contributed by atoms with E-state index in [9.17, 15) is 22.4 Å². The second kappa shape index (κ2) is 10.1. The SMILES string of the molecule is CNC(=O)[C@@H](C)N(Cc1ccccc1F)C(=O)CN(C)S(=O)(=O)c1ccc2ccccc2c1. The minimum absolute atomic E-state index is 0.0523. The Kier molecular flexibility index (Phi) is 7.45. The quantitative estimate of drug-likeness (QED) is 0.547. The zero-order chi connectivity index (χ0) is 24.2. The molecule has 1 N–H and O–H groups in total. The molecule has 3 aromatic rings. The normalized spacial score (nSPS) is 12.5. The van der Waals surface area contributed by atoms with E-state index in [2.05, 4.69) is 5.32 Å². The van der Waals surface area contributed by atoms with Crippen molar-refractivity contribution < 1.29 is 22.4 Å². The summed E-state index contributed by atoms with van der Waals surface area (Å²) in [5.41, 5.74) is 0.224. The van der Waals surface area contributed by atoms with Gasteiger partial charge in [0.1, 0.15) is 11.9 Å². The van der Waals surface area contributed by atoms with Gasteiger partial charge in [-0.2, -0.15) is 4.31 Å². The molecule has 3 rings (SSSR count). The topological polar surface area (TPSA) is 86.8 Å². The number of hydrogen-bond donors (Lipinski definition) is 1. The molecule has 0 bridgehead atoms. The first kappa shape index (κ1) is 24.3. The number of nitrogens with zero attached hydrogens (tertiary/aromatic N) is 2. The van der Waals surface area contributed by atoms with E-state index in [0.717, 1.165) is 15.1 Å². The van der Waals surface area contributed by atoms with Crippen molar-refractivity contribution in [1.29, 1.82) is 0 Å². The number of nitrogens with one attached hydrogen (secondary N) is 1. The van der Waals surface area contributed by atoms with Gasteiger partial charge in [0, 0.05) is 26.2 Å². The van der Waals surface area contributed by atoms with Gasteiger partial charge in [-0.1, -0.05) is 48.5 Å². The van der Waals surface area contributed by atoms with Crippen molar-refractivity contribution in [2.24, 2.45) is 0 Å². The second-order valence-electron chi connectivity index (χ2n) is 7.67. The van der Waals surface area contributed by atoms with Crippen LogP contribution < -0.4 is 5.32 Å². The first-order valence-electron chi connectivity index (χ1n) is 10.3. The summed E-state index contributed by atoms with van der Waals surface area (Å²) in [5, 5.41) is 4.12. The molecule has 0 saturated carbocycles. The molecule has 2 amide bonds. The van der Waals surface area contributed by atoms with Crippen molar-refractivity contribution in [3.8, 4) is 0 Å². The first-order chi connectivity index (χ1) is 15.6. The van der Waals surface area contributed by atoms with E-state index in [1.54, 1.807) is 24.3 Å². The van der Waals surface area contributed by atoms with Gasteiger partial charge in [0.25, 0.3) is 0 Å². The van der Waals surface area contributed by atoms with Crippen molar-refractivity contribution in [3.05, 3.63) is 78.1 Å². The minimum atomic E-state index is -3.98. The summed E-state index contributed by atoms with van der Waals surface area (Å²) >= 11 is 0. The number of fused-ring (bicyclic) bond motifs is 1. The summed E-state index contributed by atoms with van der Waals surface area (Å²) in [6.07, 6.45) is 0. The molecule has 0 radical (unpaired) electrons. The average molecular weight is 472 g/mol. The second-order valence-corrected chi connectivity index (χ2v) is 9.72. The molecule has 33 heavy (non-hydrogen) atoms. The Morgan fingerprint density at radius 3 is 2.30 bits per heavy atom. The highest BCUT2D eigenvalue weighted by molar-refractivity contribution is 7.89. The molecular weight excluding hydrogens is 445 g/mol. The van der Waals surface area contributed by atoms with E-state index in [1.807, 2.05) is 18.2 Å². The van der Waals surface area contributed by atoms with Crippen LogP contribution in [0.4, 0.5) is 4.39 Å². The van der Waals surface area contributed by atoms with Crippen LogP contribution in [0.15, 0.2) is 71.6 Å². The molecule has 7 nitrogen and oxygen atoms in total.